The summed E-state index contributed by atoms with van der Waals surface area (Å²) < 4.78 is 13.6. The lowest BCUT2D eigenvalue weighted by atomic mass is 10.3. The average Bonchev–Trinajstić information content (AvgIpc) is 3.33. The number of aryl methyl sites for hydroxylation is 1. The molecule has 2 heterocycles. The van der Waals surface area contributed by atoms with Crippen LogP contribution in [0.4, 0.5) is 5.69 Å². The van der Waals surface area contributed by atoms with Crippen molar-refractivity contribution >= 4 is 45.0 Å². The zero-order valence-corrected chi connectivity index (χ0v) is 18.0. The number of nitrogens with zero attached hydrogens (tertiary/aromatic N) is 2. The third-order valence-electron chi connectivity index (χ3n) is 3.93. The maximum atomic E-state index is 12.5. The Labute approximate surface area is 180 Å². The summed E-state index contributed by atoms with van der Waals surface area (Å²) in [6, 6.07) is 8.42. The monoisotopic (exact) mass is 480 g/mol. The Hall–Kier alpha value is -2.78. The number of furan rings is 1. The van der Waals surface area contributed by atoms with Crippen LogP contribution in [0.25, 0.3) is 0 Å². The summed E-state index contributed by atoms with van der Waals surface area (Å²) >= 11 is 9.45. The number of halogens is 2. The molecule has 0 fully saturated rings. The molecule has 2 aromatic heterocycles. The summed E-state index contributed by atoms with van der Waals surface area (Å²) in [6.45, 7) is 2.54. The molecule has 0 spiro atoms. The lowest BCUT2D eigenvalue weighted by Gasteiger charge is -2.06. The number of hydrogen-bond acceptors (Lipinski definition) is 5. The number of amides is 2. The Kier molecular flexibility index (Phi) is 6.60. The van der Waals surface area contributed by atoms with E-state index in [4.69, 9.17) is 20.8 Å². The van der Waals surface area contributed by atoms with E-state index in [1.807, 2.05) is 13.0 Å². The van der Waals surface area contributed by atoms with Crippen LogP contribution in [0.2, 0.25) is 5.02 Å². The highest BCUT2D eigenvalue weighted by atomic mass is 79.9. The predicted octanol–water partition coefficient (Wildman–Crippen LogP) is 4.10. The van der Waals surface area contributed by atoms with Crippen molar-refractivity contribution in [1.82, 2.24) is 15.1 Å². The van der Waals surface area contributed by atoms with Gasteiger partial charge in [-0.25, -0.2) is 0 Å². The minimum absolute atomic E-state index is 0.0811. The third kappa shape index (κ3) is 4.99. The van der Waals surface area contributed by atoms with Crippen molar-refractivity contribution in [2.45, 2.75) is 20.1 Å². The van der Waals surface area contributed by atoms with Gasteiger partial charge in [0.1, 0.15) is 18.1 Å². The molecule has 2 N–H and O–H groups in total. The SMILES string of the molecule is CCn1cc(NC(=O)c2ccc(COc3ccc(Br)cc3Cl)o2)c(C(=O)NC)n1. The van der Waals surface area contributed by atoms with Gasteiger partial charge in [0.2, 0.25) is 0 Å². The summed E-state index contributed by atoms with van der Waals surface area (Å²) in [5.74, 6) is 0.133. The number of carbonyl (C=O) groups excluding carboxylic acids is 2. The number of nitrogens with one attached hydrogen (secondary N) is 2. The van der Waals surface area contributed by atoms with Crippen LogP contribution < -0.4 is 15.4 Å². The van der Waals surface area contributed by atoms with Gasteiger partial charge < -0.3 is 19.8 Å². The van der Waals surface area contributed by atoms with Crippen molar-refractivity contribution in [3.05, 3.63) is 63.2 Å². The fourth-order valence-corrected chi connectivity index (χ4v) is 3.19. The van der Waals surface area contributed by atoms with Crippen LogP contribution in [0.3, 0.4) is 0 Å². The molecular formula is C19H18BrClN4O4. The quantitative estimate of drug-likeness (QED) is 0.529. The number of rotatable bonds is 7. The molecule has 8 nitrogen and oxygen atoms in total. The minimum atomic E-state index is -0.501. The summed E-state index contributed by atoms with van der Waals surface area (Å²) in [5.41, 5.74) is 0.426. The number of hydrogen-bond donors (Lipinski definition) is 2. The highest BCUT2D eigenvalue weighted by molar-refractivity contribution is 9.10. The van der Waals surface area contributed by atoms with E-state index in [0.717, 1.165) is 4.47 Å². The first-order chi connectivity index (χ1) is 13.9. The van der Waals surface area contributed by atoms with E-state index in [-0.39, 0.29) is 18.1 Å². The minimum Gasteiger partial charge on any atom is -0.484 e. The number of carbonyl (C=O) groups is 2. The molecule has 3 aromatic rings. The maximum Gasteiger partial charge on any atom is 0.291 e. The molecule has 0 saturated carbocycles. The van der Waals surface area contributed by atoms with Crippen LogP contribution in [0.15, 0.2) is 45.4 Å². The van der Waals surface area contributed by atoms with Gasteiger partial charge >= 0.3 is 0 Å². The van der Waals surface area contributed by atoms with Crippen LogP contribution in [0.1, 0.15) is 33.7 Å². The van der Waals surface area contributed by atoms with E-state index >= 15 is 0 Å². The van der Waals surface area contributed by atoms with Gasteiger partial charge in [0.05, 0.1) is 10.7 Å². The highest BCUT2D eigenvalue weighted by Crippen LogP contribution is 2.28. The Morgan fingerprint density at radius 2 is 2.07 bits per heavy atom. The molecule has 0 bridgehead atoms. The normalized spacial score (nSPS) is 10.6. The molecule has 0 saturated heterocycles. The van der Waals surface area contributed by atoms with Gasteiger partial charge in [-0.2, -0.15) is 5.10 Å². The van der Waals surface area contributed by atoms with Gasteiger partial charge in [-0.15, -0.1) is 0 Å². The van der Waals surface area contributed by atoms with E-state index in [1.54, 1.807) is 29.1 Å². The van der Waals surface area contributed by atoms with Crippen molar-refractivity contribution in [2.75, 3.05) is 12.4 Å². The molecule has 0 aliphatic rings. The number of ether oxygens (including phenoxy) is 1. The molecule has 0 radical (unpaired) electrons. The first-order valence-corrected chi connectivity index (χ1v) is 9.85. The average molecular weight is 482 g/mol. The van der Waals surface area contributed by atoms with Crippen molar-refractivity contribution in [3.8, 4) is 5.75 Å². The second-order valence-corrected chi connectivity index (χ2v) is 7.23. The summed E-state index contributed by atoms with van der Waals surface area (Å²) in [5, 5.41) is 9.76. The first kappa shape index (κ1) is 20.9. The Morgan fingerprint density at radius 3 is 2.76 bits per heavy atom. The van der Waals surface area contributed by atoms with Crippen LogP contribution in [0, 0.1) is 0 Å². The van der Waals surface area contributed by atoms with Gasteiger partial charge in [0.25, 0.3) is 11.8 Å². The van der Waals surface area contributed by atoms with E-state index in [9.17, 15) is 9.59 Å². The van der Waals surface area contributed by atoms with Crippen LogP contribution in [0.5, 0.6) is 5.75 Å². The van der Waals surface area contributed by atoms with Crippen LogP contribution in [-0.2, 0) is 13.2 Å². The molecule has 2 amide bonds. The van der Waals surface area contributed by atoms with Crippen LogP contribution in [-0.4, -0.2) is 28.6 Å². The second-order valence-electron chi connectivity index (χ2n) is 5.91. The molecule has 0 atom stereocenters. The standard InChI is InChI=1S/C19H18BrClN4O4/c1-3-25-9-14(17(24-25)19(27)22-2)23-18(26)16-7-5-12(29-16)10-28-15-6-4-11(20)8-13(15)21/h4-9H,3,10H2,1-2H3,(H,22,27)(H,23,26). The Bertz CT molecular complexity index is 1050. The topological polar surface area (TPSA) is 98.4 Å². The summed E-state index contributed by atoms with van der Waals surface area (Å²) in [7, 11) is 1.50. The molecule has 0 unspecified atom stereocenters. The van der Waals surface area contributed by atoms with Crippen molar-refractivity contribution in [2.24, 2.45) is 0 Å². The van der Waals surface area contributed by atoms with Gasteiger partial charge in [-0.3, -0.25) is 14.3 Å². The molecule has 10 heteroatoms. The summed E-state index contributed by atoms with van der Waals surface area (Å²) in [4.78, 5) is 24.5. The fourth-order valence-electron chi connectivity index (χ4n) is 2.46. The maximum absolute atomic E-state index is 12.5. The number of benzene rings is 1. The largest absolute Gasteiger partial charge is 0.484 e. The zero-order chi connectivity index (χ0) is 21.0. The fraction of sp³-hybridized carbons (Fsp3) is 0.211. The molecular weight excluding hydrogens is 464 g/mol. The molecule has 0 aliphatic carbocycles. The number of aromatic nitrogens is 2. The second kappa shape index (κ2) is 9.15. The third-order valence-corrected chi connectivity index (χ3v) is 4.71. The number of anilines is 1. The van der Waals surface area contributed by atoms with E-state index < -0.39 is 11.8 Å². The van der Waals surface area contributed by atoms with E-state index in [2.05, 4.69) is 31.7 Å². The molecule has 29 heavy (non-hydrogen) atoms. The summed E-state index contributed by atoms with van der Waals surface area (Å²) in [6.07, 6.45) is 1.59. The first-order valence-electron chi connectivity index (χ1n) is 8.68. The predicted molar refractivity (Wildman–Crippen MR) is 111 cm³/mol. The molecule has 152 valence electrons. The van der Waals surface area contributed by atoms with Gasteiger partial charge in [0.15, 0.2) is 11.5 Å². The van der Waals surface area contributed by atoms with Gasteiger partial charge in [0, 0.05) is 24.3 Å². The van der Waals surface area contributed by atoms with E-state index in [0.29, 0.717) is 28.8 Å². The zero-order valence-electron chi connectivity index (χ0n) is 15.7. The smallest absolute Gasteiger partial charge is 0.291 e. The van der Waals surface area contributed by atoms with Gasteiger partial charge in [-0.05, 0) is 37.3 Å². The Morgan fingerprint density at radius 1 is 1.28 bits per heavy atom. The van der Waals surface area contributed by atoms with Crippen LogP contribution >= 0.6 is 27.5 Å². The molecule has 1 aromatic carbocycles. The van der Waals surface area contributed by atoms with Crippen molar-refractivity contribution < 1.29 is 18.7 Å². The molecule has 0 aliphatic heterocycles. The van der Waals surface area contributed by atoms with E-state index in [1.165, 1.54) is 13.1 Å². The van der Waals surface area contributed by atoms with Crippen molar-refractivity contribution in [1.29, 1.82) is 0 Å². The lowest BCUT2D eigenvalue weighted by Crippen LogP contribution is -2.21. The molecule has 3 rings (SSSR count). The Balaban J connectivity index is 1.68. The van der Waals surface area contributed by atoms with Crippen molar-refractivity contribution in [3.63, 3.8) is 0 Å². The highest BCUT2D eigenvalue weighted by Gasteiger charge is 2.20. The van der Waals surface area contributed by atoms with Gasteiger partial charge in [-0.1, -0.05) is 27.5 Å². The lowest BCUT2D eigenvalue weighted by molar-refractivity contribution is 0.0958.